The van der Waals surface area contributed by atoms with E-state index >= 15 is 0 Å². The monoisotopic (exact) mass is 386 g/mol. The van der Waals surface area contributed by atoms with Crippen LogP contribution >= 0.6 is 0 Å². The van der Waals surface area contributed by atoms with Gasteiger partial charge in [0, 0.05) is 31.6 Å². The molecule has 2 aromatic carbocycles. The summed E-state index contributed by atoms with van der Waals surface area (Å²) in [6.45, 7) is 4.20. The summed E-state index contributed by atoms with van der Waals surface area (Å²) in [7, 11) is 3.08. The van der Waals surface area contributed by atoms with Crippen molar-refractivity contribution in [3.63, 3.8) is 0 Å². The Hall–Kier alpha value is -3.22. The van der Waals surface area contributed by atoms with Crippen LogP contribution < -0.4 is 24.4 Å². The molecule has 28 heavy (non-hydrogen) atoms. The molecule has 0 fully saturated rings. The molecule has 2 amide bonds. The van der Waals surface area contributed by atoms with Crippen molar-refractivity contribution in [1.82, 2.24) is 0 Å². The van der Waals surface area contributed by atoms with E-state index in [4.69, 9.17) is 14.2 Å². The van der Waals surface area contributed by atoms with Gasteiger partial charge in [-0.2, -0.15) is 0 Å². The molecular formula is C21H26N2O5. The lowest BCUT2D eigenvalue weighted by Crippen LogP contribution is -2.31. The number of amides is 2. The maximum atomic E-state index is 12.4. The van der Waals surface area contributed by atoms with Crippen LogP contribution in [0.25, 0.3) is 0 Å². The van der Waals surface area contributed by atoms with E-state index in [1.807, 2.05) is 6.92 Å². The van der Waals surface area contributed by atoms with Crippen LogP contribution in [0.3, 0.4) is 0 Å². The van der Waals surface area contributed by atoms with Gasteiger partial charge in [0.05, 0.1) is 26.5 Å². The first-order valence-corrected chi connectivity index (χ1v) is 9.01. The molecule has 0 aromatic heterocycles. The van der Waals surface area contributed by atoms with E-state index in [9.17, 15) is 9.59 Å². The van der Waals surface area contributed by atoms with Crippen LogP contribution in [-0.4, -0.2) is 39.2 Å². The van der Waals surface area contributed by atoms with E-state index in [1.54, 1.807) is 54.5 Å². The molecule has 2 aromatic rings. The van der Waals surface area contributed by atoms with Crippen molar-refractivity contribution in [2.24, 2.45) is 0 Å². The Morgan fingerprint density at radius 3 is 2.25 bits per heavy atom. The Bertz CT molecular complexity index is 805. The second-order valence-electron chi connectivity index (χ2n) is 5.96. The lowest BCUT2D eigenvalue weighted by Gasteiger charge is -2.21. The zero-order valence-corrected chi connectivity index (χ0v) is 16.7. The summed E-state index contributed by atoms with van der Waals surface area (Å²) in [5.41, 5.74) is 1.23. The van der Waals surface area contributed by atoms with Gasteiger partial charge in [-0.15, -0.1) is 0 Å². The molecule has 0 atom stereocenters. The Morgan fingerprint density at radius 2 is 1.68 bits per heavy atom. The maximum Gasteiger partial charge on any atom is 0.226 e. The second kappa shape index (κ2) is 10.2. The summed E-state index contributed by atoms with van der Waals surface area (Å²) < 4.78 is 15.9. The Kier molecular flexibility index (Phi) is 7.68. The standard InChI is InChI=1S/C21H26N2O5/c1-5-28-17-8-6-16(7-9-17)23(15(2)24)13-12-21(25)22-19-14-18(26-3)10-11-20(19)27-4/h6-11,14H,5,12-13H2,1-4H3,(H,22,25). The van der Waals surface area contributed by atoms with E-state index in [0.29, 0.717) is 29.5 Å². The van der Waals surface area contributed by atoms with Crippen LogP contribution in [0.5, 0.6) is 17.2 Å². The van der Waals surface area contributed by atoms with Gasteiger partial charge in [0.15, 0.2) is 0 Å². The van der Waals surface area contributed by atoms with Crippen LogP contribution in [-0.2, 0) is 9.59 Å². The van der Waals surface area contributed by atoms with Gasteiger partial charge in [0.25, 0.3) is 0 Å². The first-order valence-electron chi connectivity index (χ1n) is 9.01. The van der Waals surface area contributed by atoms with Gasteiger partial charge < -0.3 is 24.4 Å². The smallest absolute Gasteiger partial charge is 0.226 e. The van der Waals surface area contributed by atoms with Gasteiger partial charge in [-0.05, 0) is 43.3 Å². The van der Waals surface area contributed by atoms with E-state index in [-0.39, 0.29) is 24.8 Å². The van der Waals surface area contributed by atoms with E-state index < -0.39 is 0 Å². The zero-order chi connectivity index (χ0) is 20.5. The fourth-order valence-electron chi connectivity index (χ4n) is 2.70. The van der Waals surface area contributed by atoms with Crippen molar-refractivity contribution >= 4 is 23.2 Å². The van der Waals surface area contributed by atoms with E-state index in [0.717, 1.165) is 5.75 Å². The lowest BCUT2D eigenvalue weighted by molar-refractivity contribution is -0.117. The summed E-state index contributed by atoms with van der Waals surface area (Å²) in [5, 5.41) is 2.81. The topological polar surface area (TPSA) is 77.1 Å². The van der Waals surface area contributed by atoms with Crippen LogP contribution in [0.1, 0.15) is 20.3 Å². The van der Waals surface area contributed by atoms with Crippen LogP contribution in [0.4, 0.5) is 11.4 Å². The van der Waals surface area contributed by atoms with Gasteiger partial charge >= 0.3 is 0 Å². The lowest BCUT2D eigenvalue weighted by atomic mass is 10.2. The van der Waals surface area contributed by atoms with E-state index in [2.05, 4.69) is 5.32 Å². The Balaban J connectivity index is 2.03. The summed E-state index contributed by atoms with van der Waals surface area (Å²) in [5.74, 6) is 1.50. The van der Waals surface area contributed by atoms with Gasteiger partial charge in [0.2, 0.25) is 11.8 Å². The number of carbonyl (C=O) groups excluding carboxylic acids is 2. The van der Waals surface area contributed by atoms with Crippen LogP contribution in [0.15, 0.2) is 42.5 Å². The maximum absolute atomic E-state index is 12.4. The highest BCUT2D eigenvalue weighted by Crippen LogP contribution is 2.29. The third-order valence-electron chi connectivity index (χ3n) is 4.08. The molecule has 2 rings (SSSR count). The third kappa shape index (κ3) is 5.64. The molecule has 1 N–H and O–H groups in total. The fourth-order valence-corrected chi connectivity index (χ4v) is 2.70. The van der Waals surface area contributed by atoms with Crippen molar-refractivity contribution in [2.45, 2.75) is 20.3 Å². The predicted molar refractivity (Wildman–Crippen MR) is 108 cm³/mol. The molecule has 0 spiro atoms. The average Bonchev–Trinajstić information content (AvgIpc) is 2.69. The minimum Gasteiger partial charge on any atom is -0.497 e. The number of hydrogen-bond donors (Lipinski definition) is 1. The number of methoxy groups -OCH3 is 2. The first kappa shape index (κ1) is 21.1. The number of ether oxygens (including phenoxy) is 3. The highest BCUT2D eigenvalue weighted by molar-refractivity contribution is 5.95. The summed E-state index contributed by atoms with van der Waals surface area (Å²) in [6, 6.07) is 12.4. The molecule has 150 valence electrons. The number of hydrogen-bond acceptors (Lipinski definition) is 5. The fraction of sp³-hybridized carbons (Fsp3) is 0.333. The number of benzene rings is 2. The zero-order valence-electron chi connectivity index (χ0n) is 16.7. The number of carbonyl (C=O) groups is 2. The molecule has 0 aliphatic carbocycles. The molecule has 0 bridgehead atoms. The molecule has 0 aliphatic heterocycles. The number of rotatable bonds is 9. The molecule has 7 heteroatoms. The minimum absolute atomic E-state index is 0.132. The summed E-state index contributed by atoms with van der Waals surface area (Å²) >= 11 is 0. The molecule has 0 aliphatic rings. The van der Waals surface area contributed by atoms with E-state index in [1.165, 1.54) is 14.0 Å². The predicted octanol–water partition coefficient (Wildman–Crippen LogP) is 3.48. The number of nitrogens with one attached hydrogen (secondary N) is 1. The van der Waals surface area contributed by atoms with Gasteiger partial charge in [-0.25, -0.2) is 0 Å². The molecule has 0 heterocycles. The number of anilines is 2. The Morgan fingerprint density at radius 1 is 1.00 bits per heavy atom. The molecule has 7 nitrogen and oxygen atoms in total. The van der Waals surface area contributed by atoms with Gasteiger partial charge in [0.1, 0.15) is 17.2 Å². The third-order valence-corrected chi connectivity index (χ3v) is 4.08. The molecule has 0 saturated heterocycles. The Labute approximate surface area is 165 Å². The average molecular weight is 386 g/mol. The molecule has 0 saturated carbocycles. The van der Waals surface area contributed by atoms with Crippen molar-refractivity contribution in [3.05, 3.63) is 42.5 Å². The molecule has 0 radical (unpaired) electrons. The minimum atomic E-state index is -0.233. The summed E-state index contributed by atoms with van der Waals surface area (Å²) in [6.07, 6.45) is 0.132. The SMILES string of the molecule is CCOc1ccc(N(CCC(=O)Nc2cc(OC)ccc2OC)C(C)=O)cc1. The second-order valence-corrected chi connectivity index (χ2v) is 5.96. The van der Waals surface area contributed by atoms with Gasteiger partial charge in [-0.3, -0.25) is 9.59 Å². The van der Waals surface area contributed by atoms with Gasteiger partial charge in [-0.1, -0.05) is 0 Å². The quantitative estimate of drug-likeness (QED) is 0.714. The van der Waals surface area contributed by atoms with Crippen molar-refractivity contribution in [1.29, 1.82) is 0 Å². The molecule has 0 unspecified atom stereocenters. The highest BCUT2D eigenvalue weighted by Gasteiger charge is 2.15. The highest BCUT2D eigenvalue weighted by atomic mass is 16.5. The van der Waals surface area contributed by atoms with Crippen LogP contribution in [0, 0.1) is 0 Å². The van der Waals surface area contributed by atoms with Crippen molar-refractivity contribution < 1.29 is 23.8 Å². The molecular weight excluding hydrogens is 360 g/mol. The summed E-state index contributed by atoms with van der Waals surface area (Å²) in [4.78, 5) is 26.0. The normalized spacial score (nSPS) is 10.1. The first-order chi connectivity index (χ1) is 13.5. The largest absolute Gasteiger partial charge is 0.497 e. The van der Waals surface area contributed by atoms with Crippen LogP contribution in [0.2, 0.25) is 0 Å². The van der Waals surface area contributed by atoms with Crippen molar-refractivity contribution in [3.8, 4) is 17.2 Å². The number of nitrogens with zero attached hydrogens (tertiary/aromatic N) is 1. The van der Waals surface area contributed by atoms with Crippen molar-refractivity contribution in [2.75, 3.05) is 37.6 Å².